The minimum absolute atomic E-state index is 0.0661. The fourth-order valence-corrected chi connectivity index (χ4v) is 4.21. The Morgan fingerprint density at radius 3 is 2.39 bits per heavy atom. The van der Waals surface area contributed by atoms with Crippen LogP contribution in [0.2, 0.25) is 0 Å². The van der Waals surface area contributed by atoms with Crippen LogP contribution in [0, 0.1) is 0 Å². The molecule has 1 aromatic carbocycles. The van der Waals surface area contributed by atoms with E-state index in [9.17, 15) is 22.8 Å². The maximum absolute atomic E-state index is 12.4. The van der Waals surface area contributed by atoms with Crippen molar-refractivity contribution in [3.8, 4) is 0 Å². The molecule has 0 radical (unpaired) electrons. The van der Waals surface area contributed by atoms with E-state index in [0.717, 1.165) is 0 Å². The highest BCUT2D eigenvalue weighted by molar-refractivity contribution is 7.90. The van der Waals surface area contributed by atoms with Crippen molar-refractivity contribution in [2.75, 3.05) is 32.7 Å². The first-order valence-corrected chi connectivity index (χ1v) is 8.52. The topological polar surface area (TPSA) is 95.1 Å². The molecule has 3 amide bonds. The zero-order valence-corrected chi connectivity index (χ0v) is 13.0. The first kappa shape index (κ1) is 15.5. The minimum Gasteiger partial charge on any atom is -0.342 e. The van der Waals surface area contributed by atoms with E-state index in [1.165, 1.54) is 28.0 Å². The van der Waals surface area contributed by atoms with Crippen molar-refractivity contribution in [3.63, 3.8) is 0 Å². The smallest absolute Gasteiger partial charge is 0.269 e. The molecule has 0 atom stereocenters. The number of fused-ring (bicyclic) bond motifs is 1. The van der Waals surface area contributed by atoms with E-state index in [1.54, 1.807) is 6.07 Å². The van der Waals surface area contributed by atoms with Gasteiger partial charge in [0.1, 0.15) is 11.4 Å². The molecule has 2 aliphatic rings. The maximum atomic E-state index is 12.4. The number of carbonyl (C=O) groups excluding carboxylic acids is 3. The maximum Gasteiger partial charge on any atom is 0.269 e. The van der Waals surface area contributed by atoms with Crippen LogP contribution in [0.25, 0.3) is 0 Å². The van der Waals surface area contributed by atoms with E-state index >= 15 is 0 Å². The lowest BCUT2D eigenvalue weighted by atomic mass is 10.2. The standard InChI is InChI=1S/C14H15N3O5S/c18-10-15-5-7-16(8-6-15)13(19)9-17-14(20)11-3-1-2-4-12(11)23(17,21)22/h1-4,10H,5-9H2. The van der Waals surface area contributed by atoms with Gasteiger partial charge in [-0.1, -0.05) is 12.1 Å². The molecule has 1 saturated heterocycles. The molecule has 2 aliphatic heterocycles. The third kappa shape index (κ3) is 2.56. The molecule has 0 aromatic heterocycles. The van der Waals surface area contributed by atoms with Crippen molar-refractivity contribution in [3.05, 3.63) is 29.8 Å². The van der Waals surface area contributed by atoms with E-state index in [-0.39, 0.29) is 10.5 Å². The molecule has 0 unspecified atom stereocenters. The predicted molar refractivity (Wildman–Crippen MR) is 78.9 cm³/mol. The molecule has 23 heavy (non-hydrogen) atoms. The Balaban J connectivity index is 1.75. The largest absolute Gasteiger partial charge is 0.342 e. The zero-order chi connectivity index (χ0) is 16.6. The Morgan fingerprint density at radius 2 is 1.78 bits per heavy atom. The summed E-state index contributed by atoms with van der Waals surface area (Å²) in [5.74, 6) is -1.12. The van der Waals surface area contributed by atoms with E-state index in [4.69, 9.17) is 0 Å². The predicted octanol–water partition coefficient (Wildman–Crippen LogP) is -0.868. The van der Waals surface area contributed by atoms with Crippen LogP contribution in [-0.2, 0) is 19.6 Å². The number of hydrogen-bond acceptors (Lipinski definition) is 5. The van der Waals surface area contributed by atoms with Crippen LogP contribution in [0.1, 0.15) is 10.4 Å². The van der Waals surface area contributed by atoms with Gasteiger partial charge in [0.05, 0.1) is 5.56 Å². The second-order valence-corrected chi connectivity index (χ2v) is 7.17. The summed E-state index contributed by atoms with van der Waals surface area (Å²) in [6.07, 6.45) is 0.715. The quantitative estimate of drug-likeness (QED) is 0.668. The lowest BCUT2D eigenvalue weighted by molar-refractivity contribution is -0.135. The first-order valence-electron chi connectivity index (χ1n) is 7.08. The van der Waals surface area contributed by atoms with Crippen LogP contribution < -0.4 is 0 Å². The Morgan fingerprint density at radius 1 is 1.13 bits per heavy atom. The van der Waals surface area contributed by atoms with Gasteiger partial charge in [-0.2, -0.15) is 0 Å². The Kier molecular flexibility index (Phi) is 3.80. The second-order valence-electron chi connectivity index (χ2n) is 5.34. The number of piperazine rings is 1. The third-order valence-electron chi connectivity index (χ3n) is 4.01. The van der Waals surface area contributed by atoms with Crippen molar-refractivity contribution in [1.29, 1.82) is 0 Å². The fraction of sp³-hybridized carbons (Fsp3) is 0.357. The number of carbonyl (C=O) groups is 3. The van der Waals surface area contributed by atoms with E-state index in [2.05, 4.69) is 0 Å². The highest BCUT2D eigenvalue weighted by Gasteiger charge is 2.42. The third-order valence-corrected chi connectivity index (χ3v) is 5.79. The number of sulfonamides is 1. The minimum atomic E-state index is -3.98. The summed E-state index contributed by atoms with van der Waals surface area (Å²) < 4.78 is 25.4. The van der Waals surface area contributed by atoms with Crippen LogP contribution in [0.15, 0.2) is 29.2 Å². The van der Waals surface area contributed by atoms with Gasteiger partial charge in [0.25, 0.3) is 15.9 Å². The monoisotopic (exact) mass is 337 g/mol. The Labute approximate surface area is 133 Å². The molecule has 122 valence electrons. The first-order chi connectivity index (χ1) is 10.9. The molecular formula is C14H15N3O5S. The summed E-state index contributed by atoms with van der Waals surface area (Å²) in [5, 5.41) is 0. The van der Waals surface area contributed by atoms with E-state index < -0.39 is 28.4 Å². The average molecular weight is 337 g/mol. The van der Waals surface area contributed by atoms with Crippen LogP contribution in [-0.4, -0.2) is 73.5 Å². The highest BCUT2D eigenvalue weighted by atomic mass is 32.2. The van der Waals surface area contributed by atoms with E-state index in [1.807, 2.05) is 0 Å². The molecule has 2 heterocycles. The second kappa shape index (κ2) is 5.65. The summed E-state index contributed by atoms with van der Waals surface area (Å²) in [6.45, 7) is 0.933. The summed E-state index contributed by atoms with van der Waals surface area (Å²) in [5.41, 5.74) is 0.0890. The molecule has 3 rings (SSSR count). The molecule has 9 heteroatoms. The number of amides is 3. The van der Waals surface area contributed by atoms with Crippen LogP contribution in [0.3, 0.4) is 0 Å². The molecule has 0 aliphatic carbocycles. The number of rotatable bonds is 3. The average Bonchev–Trinajstić information content (AvgIpc) is 2.76. The van der Waals surface area contributed by atoms with Crippen LogP contribution in [0.4, 0.5) is 0 Å². The summed E-state index contributed by atoms with van der Waals surface area (Å²) in [7, 11) is -3.98. The van der Waals surface area contributed by atoms with E-state index in [0.29, 0.717) is 36.9 Å². The SMILES string of the molecule is O=CN1CCN(C(=O)CN2C(=O)c3ccccc3S2(=O)=O)CC1. The van der Waals surface area contributed by atoms with Crippen molar-refractivity contribution in [2.24, 2.45) is 0 Å². The number of nitrogens with zero attached hydrogens (tertiary/aromatic N) is 3. The van der Waals surface area contributed by atoms with Crippen molar-refractivity contribution < 1.29 is 22.8 Å². The van der Waals surface area contributed by atoms with Crippen LogP contribution in [0.5, 0.6) is 0 Å². The molecule has 0 saturated carbocycles. The molecule has 0 spiro atoms. The summed E-state index contributed by atoms with van der Waals surface area (Å²) >= 11 is 0. The Bertz CT molecular complexity index is 768. The highest BCUT2D eigenvalue weighted by Crippen LogP contribution is 2.29. The number of hydrogen-bond donors (Lipinski definition) is 0. The van der Waals surface area contributed by atoms with Gasteiger partial charge in [0.15, 0.2) is 0 Å². The molecule has 8 nitrogen and oxygen atoms in total. The zero-order valence-electron chi connectivity index (χ0n) is 12.2. The molecule has 1 fully saturated rings. The molecule has 0 bridgehead atoms. The van der Waals surface area contributed by atoms with Gasteiger partial charge in [-0.3, -0.25) is 14.4 Å². The lowest BCUT2D eigenvalue weighted by Gasteiger charge is -2.33. The van der Waals surface area contributed by atoms with Crippen molar-refractivity contribution in [2.45, 2.75) is 4.90 Å². The fourth-order valence-electron chi connectivity index (χ4n) is 2.69. The molecule has 0 N–H and O–H groups in total. The normalized spacial score (nSPS) is 19.7. The van der Waals surface area contributed by atoms with Gasteiger partial charge < -0.3 is 9.80 Å². The Hall–Kier alpha value is -2.42. The van der Waals surface area contributed by atoms with Gasteiger partial charge in [-0.15, -0.1) is 0 Å². The van der Waals surface area contributed by atoms with Gasteiger partial charge in [0.2, 0.25) is 12.3 Å². The lowest BCUT2D eigenvalue weighted by Crippen LogP contribution is -2.51. The van der Waals surface area contributed by atoms with Crippen LogP contribution >= 0.6 is 0 Å². The molecular weight excluding hydrogens is 322 g/mol. The van der Waals surface area contributed by atoms with Gasteiger partial charge in [-0.05, 0) is 12.1 Å². The van der Waals surface area contributed by atoms with Gasteiger partial charge in [0, 0.05) is 26.2 Å². The summed E-state index contributed by atoms with van der Waals surface area (Å²) in [6, 6.07) is 5.91. The van der Waals surface area contributed by atoms with Crippen molar-refractivity contribution in [1.82, 2.24) is 14.1 Å². The van der Waals surface area contributed by atoms with Gasteiger partial charge in [-0.25, -0.2) is 12.7 Å². The molecule has 1 aromatic rings. The number of benzene rings is 1. The van der Waals surface area contributed by atoms with Crippen molar-refractivity contribution >= 4 is 28.2 Å². The summed E-state index contributed by atoms with van der Waals surface area (Å²) in [4.78, 5) is 38.1. The van der Waals surface area contributed by atoms with Gasteiger partial charge >= 0.3 is 0 Å².